The number of rotatable bonds is 11. The molecule has 3 rings (SSSR count). The monoisotopic (exact) mass is 855 g/mol. The van der Waals surface area contributed by atoms with Crippen molar-refractivity contribution in [1.82, 2.24) is 4.90 Å². The second kappa shape index (κ2) is 21.1. The number of cyclic esters (lactones) is 1. The Hall–Kier alpha value is -2.72. The molecule has 16 nitrogen and oxygen atoms in total. The standard InChI is InChI=1S/C44H73NO15/c1-17-19-53-43(12)21-23(3)34(48)25(5)37(49)44(13,51)32(18-2)58-40(50)27(7)35(59-33-22-42(11,52-16)39(28(8)55-33)57-30(10)47)26(6)38(43)60-41-36(56-29(9)46)31(45(14)15)20-24(4)54-41/h1,23-28,31-33,35-39,41,49,51H,18-22H2,2-16H3/t23-,24-,25-,26+,27-,28+,31+,32+,33+,35+,36-,37-,38-,39+,41+,42-,43+,44-/m1/s1. The molecular weight excluding hydrogens is 782 g/mol. The number of likely N-dealkylation sites (N-methyl/N-ethyl adjacent to an activating group) is 1. The number of aliphatic hydroxyl groups excluding tert-OH is 1. The molecule has 0 amide bonds. The van der Waals surface area contributed by atoms with Gasteiger partial charge in [0, 0.05) is 45.1 Å². The first-order valence-corrected chi connectivity index (χ1v) is 21.2. The van der Waals surface area contributed by atoms with Crippen LogP contribution in [0, 0.1) is 36.0 Å². The van der Waals surface area contributed by atoms with Crippen molar-refractivity contribution in [2.45, 2.75) is 193 Å². The Morgan fingerprint density at radius 2 is 1.52 bits per heavy atom. The number of nitrogens with zero attached hydrogens (tertiary/aromatic N) is 1. The highest BCUT2D eigenvalue weighted by molar-refractivity contribution is 5.83. The summed E-state index contributed by atoms with van der Waals surface area (Å²) in [5.41, 5.74) is -4.56. The molecule has 0 bridgehead atoms. The van der Waals surface area contributed by atoms with Gasteiger partial charge in [-0.3, -0.25) is 19.2 Å². The summed E-state index contributed by atoms with van der Waals surface area (Å²) in [5, 5.41) is 23.4. The quantitative estimate of drug-likeness (QED) is 0.174. The Bertz CT molecular complexity index is 1520. The van der Waals surface area contributed by atoms with Gasteiger partial charge in [0.2, 0.25) is 0 Å². The van der Waals surface area contributed by atoms with Crippen LogP contribution < -0.4 is 0 Å². The Kier molecular flexibility index (Phi) is 18.2. The minimum atomic E-state index is -2.03. The van der Waals surface area contributed by atoms with Gasteiger partial charge in [0.05, 0.1) is 48.1 Å². The molecule has 2 N–H and O–H groups in total. The predicted molar refractivity (Wildman–Crippen MR) is 218 cm³/mol. The van der Waals surface area contributed by atoms with E-state index in [0.29, 0.717) is 6.42 Å². The van der Waals surface area contributed by atoms with Crippen LogP contribution in [0.3, 0.4) is 0 Å². The highest BCUT2D eigenvalue weighted by Gasteiger charge is 2.55. The zero-order valence-corrected chi connectivity index (χ0v) is 38.4. The number of ether oxygens (including phenoxy) is 9. The summed E-state index contributed by atoms with van der Waals surface area (Å²) >= 11 is 0. The number of Topliss-reactive ketones (excluding diaryl/α,β-unsaturated/α-hetero) is 1. The molecule has 0 aromatic heterocycles. The lowest BCUT2D eigenvalue weighted by molar-refractivity contribution is -0.321. The number of aliphatic hydroxyl groups is 2. The van der Waals surface area contributed by atoms with E-state index in [1.165, 1.54) is 34.8 Å². The van der Waals surface area contributed by atoms with Crippen LogP contribution in [-0.2, 0) is 61.8 Å². The van der Waals surface area contributed by atoms with Crippen molar-refractivity contribution < 1.29 is 72.0 Å². The summed E-state index contributed by atoms with van der Waals surface area (Å²) in [5.74, 6) is -3.55. The van der Waals surface area contributed by atoms with Gasteiger partial charge >= 0.3 is 17.9 Å². The van der Waals surface area contributed by atoms with Crippen LogP contribution in [0.4, 0.5) is 0 Å². The molecule has 0 aromatic rings. The molecule has 60 heavy (non-hydrogen) atoms. The van der Waals surface area contributed by atoms with Crippen molar-refractivity contribution in [2.75, 3.05) is 27.8 Å². The molecule has 0 aromatic carbocycles. The Labute approximate surface area is 356 Å². The normalized spacial score (nSPS) is 43.6. The molecule has 18 atom stereocenters. The molecular formula is C44H73NO15. The van der Waals surface area contributed by atoms with Gasteiger partial charge in [-0.1, -0.05) is 33.6 Å². The van der Waals surface area contributed by atoms with E-state index >= 15 is 0 Å². The molecule has 0 spiro atoms. The Balaban J connectivity index is 2.33. The van der Waals surface area contributed by atoms with E-state index in [1.54, 1.807) is 48.5 Å². The van der Waals surface area contributed by atoms with Crippen LogP contribution in [0.5, 0.6) is 0 Å². The molecule has 3 heterocycles. The summed E-state index contributed by atoms with van der Waals surface area (Å²) in [6.45, 7) is 19.2. The van der Waals surface area contributed by atoms with Crippen LogP contribution >= 0.6 is 0 Å². The largest absolute Gasteiger partial charge is 0.459 e. The van der Waals surface area contributed by atoms with Crippen molar-refractivity contribution >= 4 is 23.7 Å². The van der Waals surface area contributed by atoms with Crippen LogP contribution in [0.25, 0.3) is 0 Å². The zero-order chi connectivity index (χ0) is 45.7. The Morgan fingerprint density at radius 3 is 2.05 bits per heavy atom. The fourth-order valence-corrected chi connectivity index (χ4v) is 9.42. The number of carbonyl (C=O) groups is 4. The lowest BCUT2D eigenvalue weighted by Gasteiger charge is -2.50. The number of terminal acetylenes is 1. The van der Waals surface area contributed by atoms with Crippen LogP contribution in [0.15, 0.2) is 0 Å². The molecule has 3 fully saturated rings. The number of carbonyl (C=O) groups excluding carboxylic acids is 4. The summed E-state index contributed by atoms with van der Waals surface area (Å²) in [4.78, 5) is 55.4. The van der Waals surface area contributed by atoms with Gasteiger partial charge in [0.1, 0.15) is 29.7 Å². The minimum absolute atomic E-state index is 0.00906. The van der Waals surface area contributed by atoms with Gasteiger partial charge in [0.25, 0.3) is 0 Å². The van der Waals surface area contributed by atoms with E-state index in [9.17, 15) is 29.4 Å². The van der Waals surface area contributed by atoms with Crippen LogP contribution in [0.1, 0.15) is 109 Å². The second-order valence-corrected chi connectivity index (χ2v) is 18.1. The first-order chi connectivity index (χ1) is 27.8. The molecule has 0 radical (unpaired) electrons. The number of hydrogen-bond donors (Lipinski definition) is 2. The number of hydrogen-bond acceptors (Lipinski definition) is 16. The van der Waals surface area contributed by atoms with Crippen LogP contribution in [-0.4, -0.2) is 151 Å². The van der Waals surface area contributed by atoms with E-state index in [1.807, 2.05) is 25.9 Å². The second-order valence-electron chi connectivity index (χ2n) is 18.1. The van der Waals surface area contributed by atoms with Gasteiger partial charge in [-0.2, -0.15) is 0 Å². The van der Waals surface area contributed by atoms with E-state index in [2.05, 4.69) is 5.92 Å². The summed E-state index contributed by atoms with van der Waals surface area (Å²) < 4.78 is 56.8. The lowest BCUT2D eigenvalue weighted by Crippen LogP contribution is -2.62. The fraction of sp³-hybridized carbons (Fsp3) is 0.864. The summed E-state index contributed by atoms with van der Waals surface area (Å²) in [7, 11) is 5.23. The minimum Gasteiger partial charge on any atom is -0.459 e. The summed E-state index contributed by atoms with van der Waals surface area (Å²) in [6.07, 6.45) is -3.62. The molecule has 3 aliphatic heterocycles. The molecule has 0 aliphatic carbocycles. The molecule has 0 unspecified atom stereocenters. The van der Waals surface area contributed by atoms with E-state index in [0.717, 1.165) is 0 Å². The van der Waals surface area contributed by atoms with Gasteiger partial charge in [-0.15, -0.1) is 6.42 Å². The average Bonchev–Trinajstić information content (AvgIpc) is 3.16. The fourth-order valence-electron chi connectivity index (χ4n) is 9.42. The molecule has 344 valence electrons. The van der Waals surface area contributed by atoms with E-state index in [4.69, 9.17) is 49.1 Å². The molecule has 16 heteroatoms. The maximum Gasteiger partial charge on any atom is 0.311 e. The van der Waals surface area contributed by atoms with Crippen molar-refractivity contribution in [3.05, 3.63) is 0 Å². The van der Waals surface area contributed by atoms with Gasteiger partial charge in [0.15, 0.2) is 24.8 Å². The molecule has 3 saturated heterocycles. The molecule has 3 aliphatic rings. The third kappa shape index (κ3) is 11.8. The topological polar surface area (TPSA) is 195 Å². The maximum absolute atomic E-state index is 14.5. The van der Waals surface area contributed by atoms with Gasteiger partial charge in [-0.25, -0.2) is 0 Å². The van der Waals surface area contributed by atoms with Gasteiger partial charge in [-0.05, 0) is 74.9 Å². The zero-order valence-electron chi connectivity index (χ0n) is 38.4. The van der Waals surface area contributed by atoms with Crippen molar-refractivity contribution in [2.24, 2.45) is 23.7 Å². The number of ketones is 1. The highest BCUT2D eigenvalue weighted by atomic mass is 16.7. The van der Waals surface area contributed by atoms with Crippen molar-refractivity contribution in [1.29, 1.82) is 0 Å². The van der Waals surface area contributed by atoms with E-state index < -0.39 is 114 Å². The third-order valence-corrected chi connectivity index (χ3v) is 12.8. The first kappa shape index (κ1) is 51.6. The highest BCUT2D eigenvalue weighted by Crippen LogP contribution is 2.42. The van der Waals surface area contributed by atoms with Crippen molar-refractivity contribution in [3.8, 4) is 12.3 Å². The maximum atomic E-state index is 14.5. The predicted octanol–water partition coefficient (Wildman–Crippen LogP) is 3.58. The van der Waals surface area contributed by atoms with Crippen LogP contribution in [0.2, 0.25) is 0 Å². The average molecular weight is 856 g/mol. The number of methoxy groups -OCH3 is 1. The van der Waals surface area contributed by atoms with Crippen molar-refractivity contribution in [3.63, 3.8) is 0 Å². The van der Waals surface area contributed by atoms with E-state index in [-0.39, 0.29) is 43.8 Å². The van der Waals surface area contributed by atoms with Gasteiger partial charge < -0.3 is 57.7 Å². The molecule has 0 saturated carbocycles. The smallest absolute Gasteiger partial charge is 0.311 e. The SMILES string of the molecule is C#CCO[C@@]1(C)C[C@@H](C)C(=O)[C@@H](C)[C@@H](O)[C@](C)(O)[C@H](CC)OC(=O)[C@H](C)[C@@H](O[C@H]2C[C@@](C)(OC)[C@@H](OC(C)=O)[C@H](C)O2)[C@H](C)[C@H]1O[C@@H]1O[C@H](C)C[C@H](N(C)C)[C@H]1OC(C)=O. The summed E-state index contributed by atoms with van der Waals surface area (Å²) in [6, 6.07) is -0.328. The first-order valence-electron chi connectivity index (χ1n) is 21.2. The third-order valence-electron chi connectivity index (χ3n) is 12.8. The lowest BCUT2D eigenvalue weighted by atomic mass is 9.73. The number of esters is 3. The Morgan fingerprint density at radius 1 is 0.900 bits per heavy atom.